The van der Waals surface area contributed by atoms with Crippen LogP contribution in [0.1, 0.15) is 61.0 Å². The fourth-order valence-electron chi connectivity index (χ4n) is 6.65. The van der Waals surface area contributed by atoms with Crippen molar-refractivity contribution in [1.29, 1.82) is 0 Å². The third-order valence-corrected chi connectivity index (χ3v) is 8.54. The maximum atomic E-state index is 13.9. The van der Waals surface area contributed by atoms with E-state index < -0.39 is 76.8 Å². The van der Waals surface area contributed by atoms with Crippen LogP contribution in [0.4, 0.5) is 18.9 Å². The van der Waals surface area contributed by atoms with Gasteiger partial charge in [-0.2, -0.15) is 13.2 Å². The highest BCUT2D eigenvalue weighted by Crippen LogP contribution is 2.53. The summed E-state index contributed by atoms with van der Waals surface area (Å²) in [7, 11) is 3.46. The molecule has 0 heterocycles. The van der Waals surface area contributed by atoms with Gasteiger partial charge in [-0.1, -0.05) is 6.92 Å². The quantitative estimate of drug-likeness (QED) is 0.394. The van der Waals surface area contributed by atoms with E-state index in [0.29, 0.717) is 11.3 Å². The number of hydrogen-bond acceptors (Lipinski definition) is 8. The number of Topliss-reactive ketones (excluding diaryl/α,β-unsaturated/α-hetero) is 3. The van der Waals surface area contributed by atoms with Gasteiger partial charge in [0, 0.05) is 37.7 Å². The first-order valence-corrected chi connectivity index (χ1v) is 13.0. The van der Waals surface area contributed by atoms with Gasteiger partial charge in [0.2, 0.25) is 0 Å². The third kappa shape index (κ3) is 4.84. The molecule has 11 heteroatoms. The molecular formula is C28H34F3NO7. The molecular weight excluding hydrogens is 519 g/mol. The van der Waals surface area contributed by atoms with E-state index in [0.717, 1.165) is 6.92 Å². The van der Waals surface area contributed by atoms with Gasteiger partial charge >= 0.3 is 6.18 Å². The minimum absolute atomic E-state index is 0.0710. The first kappa shape index (κ1) is 29.1. The van der Waals surface area contributed by atoms with E-state index in [1.807, 2.05) is 0 Å². The van der Waals surface area contributed by atoms with Crippen LogP contribution in [0.3, 0.4) is 0 Å². The van der Waals surface area contributed by atoms with Gasteiger partial charge in [-0.15, -0.1) is 0 Å². The highest BCUT2D eigenvalue weighted by Gasteiger charge is 2.62. The maximum Gasteiger partial charge on any atom is 0.389 e. The molecule has 4 N–H and O–H groups in total. The number of rotatable bonds is 6. The van der Waals surface area contributed by atoms with Crippen molar-refractivity contribution in [3.8, 4) is 5.75 Å². The van der Waals surface area contributed by atoms with E-state index in [4.69, 9.17) is 0 Å². The standard InChI is InChI=1S/C28H34F3NO7/c1-12(11-27(29,30)31)5-6-14-9-18(32(3)4)17-8-15-7-16-10-19(34)20(13(2)33)25(37)28(16,39)26(38)21(15)24(36)22(17)23(14)35/h9,12,15-16,19-20,34-35,38-39H,5-8,10-11H2,1-4H3/t12?,15-,16+,19?,20?,28-/m1/s1. The lowest BCUT2D eigenvalue weighted by molar-refractivity contribution is -0.167. The highest BCUT2D eigenvalue weighted by molar-refractivity contribution is 6.16. The third-order valence-electron chi connectivity index (χ3n) is 8.54. The monoisotopic (exact) mass is 553 g/mol. The molecule has 0 amide bonds. The number of aliphatic hydroxyl groups excluding tert-OH is 2. The lowest BCUT2D eigenvalue weighted by Gasteiger charge is -2.48. The van der Waals surface area contributed by atoms with Crippen LogP contribution in [0.2, 0.25) is 0 Å². The second-order valence-corrected chi connectivity index (χ2v) is 11.6. The number of phenols is 1. The Morgan fingerprint density at radius 1 is 1.21 bits per heavy atom. The Morgan fingerprint density at radius 3 is 2.41 bits per heavy atom. The second kappa shape index (κ2) is 9.92. The number of phenolic OH excluding ortho intramolecular Hbond substituents is 1. The number of aryl methyl sites for hydroxylation is 1. The number of allylic oxidation sites excluding steroid dienone is 1. The number of hydrogen-bond donors (Lipinski definition) is 4. The van der Waals surface area contributed by atoms with Gasteiger partial charge in [0.25, 0.3) is 0 Å². The van der Waals surface area contributed by atoms with Crippen LogP contribution in [-0.2, 0) is 22.4 Å². The molecule has 0 aromatic heterocycles. The molecule has 6 atom stereocenters. The predicted molar refractivity (Wildman–Crippen MR) is 135 cm³/mol. The largest absolute Gasteiger partial charge is 0.508 e. The van der Waals surface area contributed by atoms with Crippen LogP contribution >= 0.6 is 0 Å². The molecule has 3 aliphatic carbocycles. The number of benzene rings is 1. The van der Waals surface area contributed by atoms with E-state index in [2.05, 4.69) is 0 Å². The summed E-state index contributed by atoms with van der Waals surface area (Å²) in [5.74, 6) is -7.60. The van der Waals surface area contributed by atoms with Crippen molar-refractivity contribution in [2.45, 2.75) is 70.3 Å². The predicted octanol–water partition coefficient (Wildman–Crippen LogP) is 3.44. The minimum Gasteiger partial charge on any atom is -0.508 e. The zero-order chi connectivity index (χ0) is 29.2. The van der Waals surface area contributed by atoms with Crippen LogP contribution < -0.4 is 4.90 Å². The van der Waals surface area contributed by atoms with E-state index in [9.17, 15) is 48.0 Å². The molecule has 1 aromatic rings. The van der Waals surface area contributed by atoms with Crippen molar-refractivity contribution in [1.82, 2.24) is 0 Å². The van der Waals surface area contributed by atoms with Gasteiger partial charge in [0.1, 0.15) is 23.2 Å². The minimum atomic E-state index is -4.33. The van der Waals surface area contributed by atoms with Crippen LogP contribution in [-0.4, -0.2) is 69.8 Å². The Bertz CT molecular complexity index is 1250. The molecule has 0 bridgehead atoms. The SMILES string of the molecule is CC(=O)C1C(=O)[C@@]2(O)C(O)=C3C(=O)c4c(O)c(CCC(C)CC(F)(F)F)cc(N(C)C)c4C[C@H]3C[C@H]2CC1O. The van der Waals surface area contributed by atoms with Gasteiger partial charge in [0.05, 0.1) is 11.7 Å². The number of anilines is 1. The summed E-state index contributed by atoms with van der Waals surface area (Å²) in [5.41, 5.74) is -1.52. The molecule has 3 aliphatic rings. The Morgan fingerprint density at radius 2 is 1.85 bits per heavy atom. The van der Waals surface area contributed by atoms with Gasteiger partial charge in [-0.05, 0) is 68.1 Å². The molecule has 0 radical (unpaired) electrons. The fourth-order valence-corrected chi connectivity index (χ4v) is 6.65. The van der Waals surface area contributed by atoms with Gasteiger partial charge in [-0.25, -0.2) is 0 Å². The lowest BCUT2D eigenvalue weighted by atomic mass is 9.57. The van der Waals surface area contributed by atoms with Crippen molar-refractivity contribution >= 4 is 23.0 Å². The zero-order valence-electron chi connectivity index (χ0n) is 22.3. The van der Waals surface area contributed by atoms with Crippen molar-refractivity contribution < 1.29 is 48.0 Å². The molecule has 1 aromatic carbocycles. The number of alkyl halides is 3. The van der Waals surface area contributed by atoms with Crippen molar-refractivity contribution in [2.75, 3.05) is 19.0 Å². The van der Waals surface area contributed by atoms with Gasteiger partial charge in [0.15, 0.2) is 17.2 Å². The first-order valence-electron chi connectivity index (χ1n) is 13.0. The molecule has 1 fully saturated rings. The highest BCUT2D eigenvalue weighted by atomic mass is 19.4. The van der Waals surface area contributed by atoms with Crippen LogP contribution in [0, 0.1) is 23.7 Å². The van der Waals surface area contributed by atoms with Gasteiger partial charge < -0.3 is 25.3 Å². The summed E-state index contributed by atoms with van der Waals surface area (Å²) < 4.78 is 38.4. The van der Waals surface area contributed by atoms with Gasteiger partial charge in [-0.3, -0.25) is 14.4 Å². The van der Waals surface area contributed by atoms with Crippen molar-refractivity contribution in [3.05, 3.63) is 34.1 Å². The number of carbonyl (C=O) groups is 3. The number of aromatic hydroxyl groups is 1. The van der Waals surface area contributed by atoms with E-state index in [1.54, 1.807) is 25.1 Å². The summed E-state index contributed by atoms with van der Waals surface area (Å²) in [6.07, 6.45) is -6.32. The number of carbonyl (C=O) groups excluding carboxylic acids is 3. The Kier molecular flexibility index (Phi) is 7.40. The molecule has 0 spiro atoms. The summed E-state index contributed by atoms with van der Waals surface area (Å²) in [5, 5.41) is 44.3. The molecule has 4 rings (SSSR count). The number of halogens is 3. The lowest BCUT2D eigenvalue weighted by Crippen LogP contribution is -2.62. The summed E-state index contributed by atoms with van der Waals surface area (Å²) >= 11 is 0. The second-order valence-electron chi connectivity index (χ2n) is 11.6. The molecule has 3 unspecified atom stereocenters. The van der Waals surface area contributed by atoms with Crippen LogP contribution in [0.25, 0.3) is 0 Å². The normalized spacial score (nSPS) is 29.5. The van der Waals surface area contributed by atoms with Crippen molar-refractivity contribution in [2.24, 2.45) is 23.7 Å². The number of ketones is 3. The fraction of sp³-hybridized carbons (Fsp3) is 0.607. The topological polar surface area (TPSA) is 135 Å². The summed E-state index contributed by atoms with van der Waals surface area (Å²) in [6.45, 7) is 2.56. The zero-order valence-corrected chi connectivity index (χ0v) is 22.3. The van der Waals surface area contributed by atoms with E-state index in [-0.39, 0.29) is 48.8 Å². The number of nitrogens with zero attached hydrogens (tertiary/aromatic N) is 1. The summed E-state index contributed by atoms with van der Waals surface area (Å²) in [6, 6.07) is 1.65. The van der Waals surface area contributed by atoms with Crippen molar-refractivity contribution in [3.63, 3.8) is 0 Å². The van der Waals surface area contributed by atoms with Crippen LogP contribution in [0.15, 0.2) is 17.4 Å². The molecule has 214 valence electrons. The number of aliphatic hydroxyl groups is 3. The molecule has 0 saturated heterocycles. The molecule has 39 heavy (non-hydrogen) atoms. The average Bonchev–Trinajstić information content (AvgIpc) is 2.79. The average molecular weight is 554 g/mol. The summed E-state index contributed by atoms with van der Waals surface area (Å²) in [4.78, 5) is 40.9. The number of fused-ring (bicyclic) bond motifs is 3. The Labute approximate surface area is 224 Å². The molecule has 8 nitrogen and oxygen atoms in total. The molecule has 0 aliphatic heterocycles. The van der Waals surface area contributed by atoms with E-state index in [1.165, 1.54) is 6.92 Å². The molecule has 1 saturated carbocycles. The Hall–Kier alpha value is -2.92. The first-order chi connectivity index (χ1) is 18.0. The Balaban J connectivity index is 1.79. The van der Waals surface area contributed by atoms with E-state index >= 15 is 0 Å². The smallest absolute Gasteiger partial charge is 0.389 e. The maximum absolute atomic E-state index is 13.9. The van der Waals surface area contributed by atoms with Crippen LogP contribution in [0.5, 0.6) is 5.75 Å².